The van der Waals surface area contributed by atoms with E-state index >= 15 is 0 Å². The van der Waals surface area contributed by atoms with Gasteiger partial charge in [0.25, 0.3) is 0 Å². The number of rotatable bonds is 1. The van der Waals surface area contributed by atoms with Crippen molar-refractivity contribution in [3.05, 3.63) is 40.5 Å². The third-order valence-corrected chi connectivity index (χ3v) is 1.93. The minimum Gasteiger partial charge on any atom is -0.398 e. The predicted molar refractivity (Wildman–Crippen MR) is 56.2 cm³/mol. The molecule has 0 radical (unpaired) electrons. The van der Waals surface area contributed by atoms with Crippen molar-refractivity contribution < 1.29 is 0 Å². The van der Waals surface area contributed by atoms with Crippen LogP contribution in [0.1, 0.15) is 12.6 Å². The van der Waals surface area contributed by atoms with E-state index in [4.69, 9.17) is 5.73 Å². The van der Waals surface area contributed by atoms with Gasteiger partial charge >= 0.3 is 0 Å². The second-order valence-corrected chi connectivity index (χ2v) is 2.88. The van der Waals surface area contributed by atoms with Crippen molar-refractivity contribution in [2.24, 2.45) is 5.73 Å². The number of pyridine rings is 1. The van der Waals surface area contributed by atoms with Gasteiger partial charge in [0.15, 0.2) is 0 Å². The van der Waals surface area contributed by atoms with Gasteiger partial charge in [-0.05, 0) is 31.2 Å². The molecule has 0 saturated carbocycles. The fourth-order valence-corrected chi connectivity index (χ4v) is 1.14. The first-order valence-corrected chi connectivity index (χ1v) is 4.20. The highest BCUT2D eigenvalue weighted by molar-refractivity contribution is 5.52. The Morgan fingerprint density at radius 3 is 2.92 bits per heavy atom. The molecule has 0 aromatic carbocycles. The number of allylic oxidation sites excluding steroid dienone is 1. The van der Waals surface area contributed by atoms with E-state index in [0.717, 1.165) is 21.8 Å². The number of nitrogens with two attached hydrogens (primary N) is 1. The Balaban J connectivity index is 3.55. The summed E-state index contributed by atoms with van der Waals surface area (Å²) in [6, 6.07) is 1.88. The summed E-state index contributed by atoms with van der Waals surface area (Å²) in [5.41, 5.74) is 7.49. The van der Waals surface area contributed by atoms with Gasteiger partial charge in [-0.2, -0.15) is 0 Å². The van der Waals surface area contributed by atoms with Crippen LogP contribution in [-0.2, 0) is 0 Å². The molecule has 0 aliphatic heterocycles. The fraction of sp³-hybridized carbons (Fsp3) is 0.182. The third-order valence-electron chi connectivity index (χ3n) is 1.93. The molecule has 2 N–H and O–H groups in total. The largest absolute Gasteiger partial charge is 0.398 e. The Morgan fingerprint density at radius 2 is 2.31 bits per heavy atom. The van der Waals surface area contributed by atoms with Crippen LogP contribution in [-0.4, -0.2) is 4.98 Å². The van der Waals surface area contributed by atoms with Crippen molar-refractivity contribution in [3.8, 4) is 0 Å². The molecule has 0 aliphatic carbocycles. The van der Waals surface area contributed by atoms with Crippen molar-refractivity contribution in [2.45, 2.75) is 13.8 Å². The standard InChI is InChI=1S/C11H14N2/c1-4-5-11(12)10-6-7-13-9(3)8(10)2/h4-7H,2,12H2,1,3H3/b5-4-,11-10+. The molecule has 68 valence electrons. The summed E-state index contributed by atoms with van der Waals surface area (Å²) in [7, 11) is 0. The monoisotopic (exact) mass is 174 g/mol. The first-order valence-electron chi connectivity index (χ1n) is 4.20. The third kappa shape index (κ3) is 1.96. The van der Waals surface area contributed by atoms with E-state index in [9.17, 15) is 0 Å². The smallest absolute Gasteiger partial charge is 0.0445 e. The van der Waals surface area contributed by atoms with Crippen molar-refractivity contribution in [1.29, 1.82) is 0 Å². The van der Waals surface area contributed by atoms with E-state index in [1.54, 1.807) is 6.20 Å². The maximum Gasteiger partial charge on any atom is 0.0445 e. The highest BCUT2D eigenvalue weighted by atomic mass is 14.7. The van der Waals surface area contributed by atoms with Gasteiger partial charge < -0.3 is 5.73 Å². The Labute approximate surface area is 78.1 Å². The molecular weight excluding hydrogens is 160 g/mol. The molecule has 1 heterocycles. The number of hydrogen-bond donors (Lipinski definition) is 1. The van der Waals surface area contributed by atoms with Gasteiger partial charge in [0.2, 0.25) is 0 Å². The average Bonchev–Trinajstić information content (AvgIpc) is 2.10. The number of aromatic nitrogens is 1. The summed E-state index contributed by atoms with van der Waals surface area (Å²) in [6.07, 6.45) is 5.52. The Bertz CT molecular complexity index is 430. The molecule has 0 aliphatic rings. The lowest BCUT2D eigenvalue weighted by Gasteiger charge is -1.96. The molecule has 0 bridgehead atoms. The molecule has 0 amide bonds. The Hall–Kier alpha value is -1.57. The summed E-state index contributed by atoms with van der Waals surface area (Å²) in [6.45, 7) is 7.79. The van der Waals surface area contributed by atoms with Crippen LogP contribution in [0.25, 0.3) is 12.3 Å². The minimum absolute atomic E-state index is 0.734. The van der Waals surface area contributed by atoms with Crippen LogP contribution < -0.4 is 16.2 Å². The van der Waals surface area contributed by atoms with Crippen LogP contribution in [0.2, 0.25) is 0 Å². The van der Waals surface area contributed by atoms with Crippen molar-refractivity contribution >= 4 is 12.3 Å². The normalized spacial score (nSPS) is 13.4. The van der Waals surface area contributed by atoms with E-state index in [0.29, 0.717) is 0 Å². The van der Waals surface area contributed by atoms with E-state index in [1.165, 1.54) is 0 Å². The average molecular weight is 174 g/mol. The van der Waals surface area contributed by atoms with Crippen molar-refractivity contribution in [1.82, 2.24) is 4.98 Å². The predicted octanol–water partition coefficient (Wildman–Crippen LogP) is 0.443. The second-order valence-electron chi connectivity index (χ2n) is 2.88. The molecule has 0 unspecified atom stereocenters. The topological polar surface area (TPSA) is 38.9 Å². The van der Waals surface area contributed by atoms with Gasteiger partial charge in [-0.3, -0.25) is 4.98 Å². The summed E-state index contributed by atoms with van der Waals surface area (Å²) < 4.78 is 0. The first-order chi connectivity index (χ1) is 6.16. The maximum atomic E-state index is 5.84. The van der Waals surface area contributed by atoms with Crippen molar-refractivity contribution in [2.75, 3.05) is 0 Å². The van der Waals surface area contributed by atoms with Gasteiger partial charge in [-0.15, -0.1) is 0 Å². The van der Waals surface area contributed by atoms with Crippen LogP contribution in [0.15, 0.2) is 24.4 Å². The quantitative estimate of drug-likeness (QED) is 0.671. The summed E-state index contributed by atoms with van der Waals surface area (Å²) in [5, 5.41) is 1.86. The van der Waals surface area contributed by atoms with Crippen LogP contribution in [0, 0.1) is 6.92 Å². The SMILES string of the molecule is C=c1c(C)ncc/c1=C(N)/C=C\C. The highest BCUT2D eigenvalue weighted by Gasteiger charge is 1.91. The Morgan fingerprint density at radius 1 is 1.62 bits per heavy atom. The number of hydrogen-bond acceptors (Lipinski definition) is 2. The van der Waals surface area contributed by atoms with Crippen LogP contribution in [0.5, 0.6) is 0 Å². The van der Waals surface area contributed by atoms with Crippen LogP contribution >= 0.6 is 0 Å². The van der Waals surface area contributed by atoms with Gasteiger partial charge in [0, 0.05) is 22.8 Å². The highest BCUT2D eigenvalue weighted by Crippen LogP contribution is 1.83. The molecule has 13 heavy (non-hydrogen) atoms. The first kappa shape index (κ1) is 9.52. The zero-order chi connectivity index (χ0) is 9.84. The summed E-state index contributed by atoms with van der Waals surface area (Å²) in [4.78, 5) is 4.13. The van der Waals surface area contributed by atoms with Gasteiger partial charge in [-0.1, -0.05) is 12.7 Å². The van der Waals surface area contributed by atoms with E-state index in [-0.39, 0.29) is 0 Å². The fourth-order valence-electron chi connectivity index (χ4n) is 1.14. The second kappa shape index (κ2) is 3.90. The minimum atomic E-state index is 0.734. The molecule has 0 fully saturated rings. The molecule has 0 saturated heterocycles. The van der Waals surface area contributed by atoms with Crippen LogP contribution in [0.3, 0.4) is 0 Å². The maximum absolute atomic E-state index is 5.84. The molecule has 0 atom stereocenters. The number of aryl methyl sites for hydroxylation is 1. The number of nitrogens with zero attached hydrogens (tertiary/aromatic N) is 1. The van der Waals surface area contributed by atoms with Gasteiger partial charge in [-0.25, -0.2) is 0 Å². The van der Waals surface area contributed by atoms with E-state index in [2.05, 4.69) is 11.6 Å². The van der Waals surface area contributed by atoms with Crippen molar-refractivity contribution in [3.63, 3.8) is 0 Å². The molecule has 2 nitrogen and oxygen atoms in total. The molecule has 1 rings (SSSR count). The van der Waals surface area contributed by atoms with E-state index < -0.39 is 0 Å². The summed E-state index contributed by atoms with van der Waals surface area (Å²) in [5.74, 6) is 0. The lowest BCUT2D eigenvalue weighted by molar-refractivity contribution is 1.15. The zero-order valence-electron chi connectivity index (χ0n) is 8.04. The molecule has 1 aromatic heterocycles. The van der Waals surface area contributed by atoms with Gasteiger partial charge in [0.1, 0.15) is 0 Å². The molecular formula is C11H14N2. The molecule has 2 heteroatoms. The lowest BCUT2D eigenvalue weighted by atomic mass is 10.2. The summed E-state index contributed by atoms with van der Waals surface area (Å²) >= 11 is 0. The molecule has 1 aromatic rings. The lowest BCUT2D eigenvalue weighted by Crippen LogP contribution is -2.30. The van der Waals surface area contributed by atoms with Gasteiger partial charge in [0.05, 0.1) is 0 Å². The molecule has 0 spiro atoms. The zero-order valence-corrected chi connectivity index (χ0v) is 8.04. The van der Waals surface area contributed by atoms with E-state index in [1.807, 2.05) is 32.1 Å². The Kier molecular flexibility index (Phi) is 2.85. The van der Waals surface area contributed by atoms with Crippen LogP contribution in [0.4, 0.5) is 0 Å².